The Morgan fingerprint density at radius 3 is 2.29 bits per heavy atom. The summed E-state index contributed by atoms with van der Waals surface area (Å²) in [6.45, 7) is 1.86. The third-order valence-electron chi connectivity index (χ3n) is 4.11. The fourth-order valence-electron chi connectivity index (χ4n) is 2.74. The smallest absolute Gasteiger partial charge is 0.130 e. The van der Waals surface area contributed by atoms with Crippen molar-refractivity contribution in [1.29, 1.82) is 0 Å². The highest BCUT2D eigenvalue weighted by Crippen LogP contribution is 2.34. The maximum atomic E-state index is 9.43. The Hall–Kier alpha value is -2.04. The van der Waals surface area contributed by atoms with Gasteiger partial charge >= 0.3 is 0 Å². The Kier molecular flexibility index (Phi) is 7.09. The second kappa shape index (κ2) is 9.30. The number of methoxy groups -OCH3 is 1. The zero-order valence-electron chi connectivity index (χ0n) is 14.3. The van der Waals surface area contributed by atoms with Gasteiger partial charge in [-0.3, -0.25) is 0 Å². The van der Waals surface area contributed by atoms with Gasteiger partial charge in [0, 0.05) is 17.5 Å². The second-order valence-electron chi connectivity index (χ2n) is 5.80. The largest absolute Gasteiger partial charge is 0.496 e. The van der Waals surface area contributed by atoms with Crippen LogP contribution in [0.1, 0.15) is 19.8 Å². The number of aliphatic hydroxyl groups is 2. The lowest BCUT2D eigenvalue weighted by molar-refractivity contribution is 0.0420. The van der Waals surface area contributed by atoms with E-state index in [-0.39, 0.29) is 25.2 Å². The molecule has 0 aliphatic carbocycles. The van der Waals surface area contributed by atoms with E-state index in [4.69, 9.17) is 9.47 Å². The van der Waals surface area contributed by atoms with Crippen LogP contribution < -0.4 is 9.47 Å². The molecule has 0 radical (unpaired) electrons. The highest BCUT2D eigenvalue weighted by molar-refractivity contribution is 5.71. The van der Waals surface area contributed by atoms with Gasteiger partial charge in [0.2, 0.25) is 0 Å². The van der Waals surface area contributed by atoms with Crippen LogP contribution in [0.4, 0.5) is 0 Å². The number of benzene rings is 2. The molecule has 0 spiro atoms. The molecule has 2 N–H and O–H groups in total. The van der Waals surface area contributed by atoms with Crippen molar-refractivity contribution in [2.24, 2.45) is 5.92 Å². The van der Waals surface area contributed by atoms with Crippen LogP contribution in [0.15, 0.2) is 48.5 Å². The van der Waals surface area contributed by atoms with E-state index < -0.39 is 0 Å². The van der Waals surface area contributed by atoms with Gasteiger partial charge in [-0.25, -0.2) is 0 Å². The molecule has 0 saturated carbocycles. The highest BCUT2D eigenvalue weighted by Gasteiger charge is 2.22. The molecule has 0 aromatic heterocycles. The first-order valence-corrected chi connectivity index (χ1v) is 8.35. The SMILES string of the molecule is CCCC(Oc1ccc(-c2ccccc2)c(OC)c1)C(CO)CO. The van der Waals surface area contributed by atoms with Crippen molar-refractivity contribution in [3.8, 4) is 22.6 Å². The van der Waals surface area contributed by atoms with Crippen molar-refractivity contribution >= 4 is 0 Å². The molecule has 2 aromatic rings. The van der Waals surface area contributed by atoms with Crippen molar-refractivity contribution in [3.05, 3.63) is 48.5 Å². The average Bonchev–Trinajstić information content (AvgIpc) is 2.63. The summed E-state index contributed by atoms with van der Waals surface area (Å²) in [6, 6.07) is 15.8. The van der Waals surface area contributed by atoms with Crippen LogP contribution in [0.25, 0.3) is 11.1 Å². The summed E-state index contributed by atoms with van der Waals surface area (Å²) in [4.78, 5) is 0. The molecule has 0 aliphatic rings. The van der Waals surface area contributed by atoms with Gasteiger partial charge < -0.3 is 19.7 Å². The van der Waals surface area contributed by atoms with Crippen molar-refractivity contribution < 1.29 is 19.7 Å². The Morgan fingerprint density at radius 2 is 1.71 bits per heavy atom. The summed E-state index contributed by atoms with van der Waals surface area (Å²) in [5.41, 5.74) is 2.08. The molecule has 0 amide bonds. The predicted molar refractivity (Wildman–Crippen MR) is 95.4 cm³/mol. The lowest BCUT2D eigenvalue weighted by Gasteiger charge is -2.25. The normalized spacial score (nSPS) is 12.2. The molecule has 0 aliphatic heterocycles. The lowest BCUT2D eigenvalue weighted by Crippen LogP contribution is -2.32. The first kappa shape index (κ1) is 18.3. The summed E-state index contributed by atoms with van der Waals surface area (Å²) in [6.07, 6.45) is 1.46. The molecule has 0 heterocycles. The third-order valence-corrected chi connectivity index (χ3v) is 4.11. The van der Waals surface area contributed by atoms with E-state index in [1.54, 1.807) is 7.11 Å². The minimum atomic E-state index is -0.287. The van der Waals surface area contributed by atoms with Crippen LogP contribution in [0.3, 0.4) is 0 Å². The summed E-state index contributed by atoms with van der Waals surface area (Å²) in [7, 11) is 1.64. The molecule has 24 heavy (non-hydrogen) atoms. The first-order chi connectivity index (χ1) is 11.7. The van der Waals surface area contributed by atoms with Gasteiger partial charge in [0.15, 0.2) is 0 Å². The van der Waals surface area contributed by atoms with Crippen LogP contribution in [-0.2, 0) is 0 Å². The second-order valence-corrected chi connectivity index (χ2v) is 5.80. The Bertz CT molecular complexity index is 608. The Morgan fingerprint density at radius 1 is 1.00 bits per heavy atom. The van der Waals surface area contributed by atoms with Gasteiger partial charge in [0.1, 0.15) is 17.6 Å². The quantitative estimate of drug-likeness (QED) is 0.739. The Labute approximate surface area is 143 Å². The van der Waals surface area contributed by atoms with E-state index in [2.05, 4.69) is 6.92 Å². The maximum absolute atomic E-state index is 9.43. The Balaban J connectivity index is 2.25. The van der Waals surface area contributed by atoms with Crippen molar-refractivity contribution in [1.82, 2.24) is 0 Å². The lowest BCUT2D eigenvalue weighted by atomic mass is 10.00. The number of hydrogen-bond donors (Lipinski definition) is 2. The molecular weight excluding hydrogens is 304 g/mol. The van der Waals surface area contributed by atoms with Gasteiger partial charge in [-0.2, -0.15) is 0 Å². The van der Waals surface area contributed by atoms with Crippen LogP contribution in [0.2, 0.25) is 0 Å². The van der Waals surface area contributed by atoms with Crippen LogP contribution in [0, 0.1) is 5.92 Å². The van der Waals surface area contributed by atoms with Crippen LogP contribution in [0.5, 0.6) is 11.5 Å². The average molecular weight is 330 g/mol. The monoisotopic (exact) mass is 330 g/mol. The molecule has 1 unspecified atom stereocenters. The van der Waals surface area contributed by atoms with E-state index in [9.17, 15) is 10.2 Å². The fourth-order valence-corrected chi connectivity index (χ4v) is 2.74. The molecular formula is C20H26O4. The van der Waals surface area contributed by atoms with E-state index in [0.29, 0.717) is 5.75 Å². The van der Waals surface area contributed by atoms with E-state index >= 15 is 0 Å². The molecule has 130 valence electrons. The molecule has 2 aromatic carbocycles. The molecule has 4 heteroatoms. The van der Waals surface area contributed by atoms with Gasteiger partial charge in [-0.1, -0.05) is 43.7 Å². The minimum absolute atomic E-state index is 0.0968. The summed E-state index contributed by atoms with van der Waals surface area (Å²) < 4.78 is 11.5. The topological polar surface area (TPSA) is 58.9 Å². The van der Waals surface area contributed by atoms with Gasteiger partial charge in [0.25, 0.3) is 0 Å². The van der Waals surface area contributed by atoms with Crippen molar-refractivity contribution in [2.45, 2.75) is 25.9 Å². The fraction of sp³-hybridized carbons (Fsp3) is 0.400. The molecule has 0 fully saturated rings. The first-order valence-electron chi connectivity index (χ1n) is 8.35. The minimum Gasteiger partial charge on any atom is -0.496 e. The van der Waals surface area contributed by atoms with E-state index in [1.165, 1.54) is 0 Å². The number of rotatable bonds is 9. The molecule has 1 atom stereocenters. The van der Waals surface area contributed by atoms with Gasteiger partial charge in [-0.15, -0.1) is 0 Å². The zero-order valence-corrected chi connectivity index (χ0v) is 14.3. The third kappa shape index (κ3) is 4.49. The van der Waals surface area contributed by atoms with Gasteiger partial charge in [-0.05, 0) is 24.1 Å². The summed E-state index contributed by atoms with van der Waals surface area (Å²) in [5, 5.41) is 18.9. The van der Waals surface area contributed by atoms with Crippen LogP contribution >= 0.6 is 0 Å². The predicted octanol–water partition coefficient (Wildman–Crippen LogP) is 3.51. The number of aliphatic hydroxyl groups excluding tert-OH is 2. The van der Waals surface area contributed by atoms with E-state index in [0.717, 1.165) is 29.7 Å². The zero-order chi connectivity index (χ0) is 17.4. The highest BCUT2D eigenvalue weighted by atomic mass is 16.5. The van der Waals surface area contributed by atoms with Gasteiger partial charge in [0.05, 0.1) is 20.3 Å². The van der Waals surface area contributed by atoms with Crippen molar-refractivity contribution in [2.75, 3.05) is 20.3 Å². The molecule has 2 rings (SSSR count). The van der Waals surface area contributed by atoms with Crippen molar-refractivity contribution in [3.63, 3.8) is 0 Å². The number of ether oxygens (including phenoxy) is 2. The molecule has 4 nitrogen and oxygen atoms in total. The molecule has 0 bridgehead atoms. The summed E-state index contributed by atoms with van der Waals surface area (Å²) in [5.74, 6) is 1.13. The van der Waals surface area contributed by atoms with Crippen LogP contribution in [-0.4, -0.2) is 36.6 Å². The molecule has 0 saturated heterocycles. The van der Waals surface area contributed by atoms with E-state index in [1.807, 2.05) is 48.5 Å². The standard InChI is InChI=1S/C20H26O4/c1-3-7-19(16(13-21)14-22)24-17-10-11-18(20(12-17)23-2)15-8-5-4-6-9-15/h4-6,8-12,16,19,21-22H,3,7,13-14H2,1-2H3. The summed E-state index contributed by atoms with van der Waals surface area (Å²) >= 11 is 0. The maximum Gasteiger partial charge on any atom is 0.130 e. The number of hydrogen-bond acceptors (Lipinski definition) is 4.